The molecule has 2 fully saturated rings. The van der Waals surface area contributed by atoms with Gasteiger partial charge in [-0.15, -0.1) is 0 Å². The van der Waals surface area contributed by atoms with Gasteiger partial charge in [0.25, 0.3) is 0 Å². The van der Waals surface area contributed by atoms with E-state index >= 15 is 0 Å². The van der Waals surface area contributed by atoms with Crippen molar-refractivity contribution < 1.29 is 22.8 Å². The summed E-state index contributed by atoms with van der Waals surface area (Å²) >= 11 is 0. The van der Waals surface area contributed by atoms with Gasteiger partial charge >= 0.3 is 6.18 Å². The van der Waals surface area contributed by atoms with Crippen LogP contribution in [0.25, 0.3) is 0 Å². The first kappa shape index (κ1) is 16.1. The van der Waals surface area contributed by atoms with Gasteiger partial charge in [0.2, 0.25) is 11.8 Å². The van der Waals surface area contributed by atoms with Crippen molar-refractivity contribution in [3.05, 3.63) is 0 Å². The van der Waals surface area contributed by atoms with Crippen molar-refractivity contribution in [2.75, 3.05) is 13.1 Å². The van der Waals surface area contributed by atoms with Crippen molar-refractivity contribution in [1.82, 2.24) is 10.2 Å². The average molecular weight is 307 g/mol. The lowest BCUT2D eigenvalue weighted by Gasteiger charge is -2.33. The highest BCUT2D eigenvalue weighted by Crippen LogP contribution is 2.31. The summed E-state index contributed by atoms with van der Waals surface area (Å²) in [5, 5.41) is 1.91. The van der Waals surface area contributed by atoms with Crippen LogP contribution >= 0.6 is 0 Å². The number of hydrogen-bond donors (Lipinski definition) is 2. The minimum absolute atomic E-state index is 0.0285. The van der Waals surface area contributed by atoms with Crippen molar-refractivity contribution in [3.63, 3.8) is 0 Å². The van der Waals surface area contributed by atoms with Crippen LogP contribution in [-0.4, -0.2) is 48.1 Å². The van der Waals surface area contributed by atoms with Crippen molar-refractivity contribution in [1.29, 1.82) is 0 Å². The first-order valence-electron chi connectivity index (χ1n) is 7.11. The first-order valence-corrected chi connectivity index (χ1v) is 7.11. The number of carbonyl (C=O) groups excluding carboxylic acids is 2. The lowest BCUT2D eigenvalue weighted by atomic mass is 9.92. The molecule has 5 nitrogen and oxygen atoms in total. The molecule has 2 saturated heterocycles. The summed E-state index contributed by atoms with van der Waals surface area (Å²) in [6.45, 7) is 2.80. The molecule has 2 aliphatic heterocycles. The highest BCUT2D eigenvalue weighted by molar-refractivity contribution is 6.01. The third kappa shape index (κ3) is 3.30. The van der Waals surface area contributed by atoms with Crippen molar-refractivity contribution in [2.24, 2.45) is 17.6 Å². The quantitative estimate of drug-likeness (QED) is 0.735. The number of amides is 2. The van der Waals surface area contributed by atoms with Gasteiger partial charge in [-0.1, -0.05) is 0 Å². The minimum Gasteiger partial charge on any atom is -0.344 e. The molecule has 2 aliphatic rings. The van der Waals surface area contributed by atoms with Crippen LogP contribution in [-0.2, 0) is 9.59 Å². The van der Waals surface area contributed by atoms with Crippen molar-refractivity contribution >= 4 is 11.8 Å². The number of piperidine rings is 1. The molecular weight excluding hydrogens is 287 g/mol. The third-order valence-corrected chi connectivity index (χ3v) is 4.35. The first-order chi connectivity index (χ1) is 9.74. The maximum absolute atomic E-state index is 12.6. The van der Waals surface area contributed by atoms with E-state index in [9.17, 15) is 22.8 Å². The Morgan fingerprint density at radius 2 is 2.10 bits per heavy atom. The molecule has 0 radical (unpaired) electrons. The molecule has 0 aromatic rings. The monoisotopic (exact) mass is 307 g/mol. The molecule has 2 amide bonds. The summed E-state index contributed by atoms with van der Waals surface area (Å²) in [6, 6.07) is -1.87. The topological polar surface area (TPSA) is 75.4 Å². The van der Waals surface area contributed by atoms with E-state index < -0.39 is 24.0 Å². The third-order valence-electron chi connectivity index (χ3n) is 4.35. The predicted octanol–water partition coefficient (Wildman–Crippen LogP) is 0.639. The predicted molar refractivity (Wildman–Crippen MR) is 69.0 cm³/mol. The van der Waals surface area contributed by atoms with Gasteiger partial charge in [0.05, 0.1) is 0 Å². The van der Waals surface area contributed by atoms with Gasteiger partial charge in [0, 0.05) is 12.6 Å². The van der Waals surface area contributed by atoms with Gasteiger partial charge in [-0.05, 0) is 38.6 Å². The van der Waals surface area contributed by atoms with E-state index in [1.165, 1.54) is 0 Å². The van der Waals surface area contributed by atoms with E-state index in [0.717, 1.165) is 6.42 Å². The number of hydrogen-bond acceptors (Lipinski definition) is 3. The SMILES string of the molecule is CC1CC(CN)CN1C(=O)C1CCC(C(F)(F)F)NC1=O. The van der Waals surface area contributed by atoms with Crippen LogP contribution in [0.4, 0.5) is 13.2 Å². The standard InChI is InChI=1S/C13H20F3N3O2/c1-7-4-8(5-17)6-19(7)12(21)9-2-3-10(13(14,15)16)18-11(9)20/h7-10H,2-6,17H2,1H3,(H,18,20). The zero-order valence-electron chi connectivity index (χ0n) is 11.8. The summed E-state index contributed by atoms with van der Waals surface area (Å²) < 4.78 is 37.7. The molecule has 2 rings (SSSR count). The Kier molecular flexibility index (Phi) is 4.46. The molecule has 120 valence electrons. The Bertz CT molecular complexity index is 427. The Morgan fingerprint density at radius 1 is 1.43 bits per heavy atom. The van der Waals surface area contributed by atoms with Crippen LogP contribution in [0.3, 0.4) is 0 Å². The minimum atomic E-state index is -4.46. The number of likely N-dealkylation sites (tertiary alicyclic amines) is 1. The summed E-state index contributed by atoms with van der Waals surface area (Å²) in [4.78, 5) is 25.8. The number of alkyl halides is 3. The maximum Gasteiger partial charge on any atom is 0.408 e. The molecule has 4 atom stereocenters. The molecule has 0 spiro atoms. The average Bonchev–Trinajstić information content (AvgIpc) is 2.78. The van der Waals surface area contributed by atoms with Crippen LogP contribution in [0.5, 0.6) is 0 Å². The van der Waals surface area contributed by atoms with Crippen molar-refractivity contribution in [3.8, 4) is 0 Å². The zero-order chi connectivity index (χ0) is 15.8. The number of halogens is 3. The van der Waals surface area contributed by atoms with Crippen LogP contribution in [0, 0.1) is 11.8 Å². The fourth-order valence-electron chi connectivity index (χ4n) is 3.11. The highest BCUT2D eigenvalue weighted by Gasteiger charge is 2.47. The Morgan fingerprint density at radius 3 is 2.57 bits per heavy atom. The molecule has 8 heteroatoms. The summed E-state index contributed by atoms with van der Waals surface area (Å²) in [6.07, 6.45) is -4.02. The zero-order valence-corrected chi connectivity index (χ0v) is 11.8. The second-order valence-corrected chi connectivity index (χ2v) is 5.91. The van der Waals surface area contributed by atoms with E-state index in [2.05, 4.69) is 0 Å². The molecule has 0 saturated carbocycles. The van der Waals surface area contributed by atoms with Crippen LogP contribution in [0.2, 0.25) is 0 Å². The lowest BCUT2D eigenvalue weighted by molar-refractivity contribution is -0.172. The number of nitrogens with two attached hydrogens (primary N) is 1. The number of nitrogens with one attached hydrogen (secondary N) is 1. The molecule has 3 N–H and O–H groups in total. The van der Waals surface area contributed by atoms with E-state index in [4.69, 9.17) is 5.73 Å². The Labute approximate surface area is 121 Å². The molecular formula is C13H20F3N3O2. The van der Waals surface area contributed by atoms with Crippen LogP contribution < -0.4 is 11.1 Å². The highest BCUT2D eigenvalue weighted by atomic mass is 19.4. The molecule has 2 heterocycles. The number of nitrogens with zero attached hydrogens (tertiary/aromatic N) is 1. The molecule has 0 aliphatic carbocycles. The van der Waals surface area contributed by atoms with Gasteiger partial charge in [-0.3, -0.25) is 9.59 Å². The largest absolute Gasteiger partial charge is 0.408 e. The van der Waals surface area contributed by atoms with E-state index in [1.807, 2.05) is 12.2 Å². The van der Waals surface area contributed by atoms with Crippen LogP contribution in [0.1, 0.15) is 26.2 Å². The fourth-order valence-corrected chi connectivity index (χ4v) is 3.11. The Hall–Kier alpha value is -1.31. The smallest absolute Gasteiger partial charge is 0.344 e. The van der Waals surface area contributed by atoms with E-state index in [0.29, 0.717) is 13.1 Å². The van der Waals surface area contributed by atoms with Gasteiger partial charge < -0.3 is 16.0 Å². The number of carbonyl (C=O) groups is 2. The molecule has 21 heavy (non-hydrogen) atoms. The lowest BCUT2D eigenvalue weighted by Crippen LogP contribution is -2.55. The fraction of sp³-hybridized carbons (Fsp3) is 0.846. The van der Waals surface area contributed by atoms with E-state index in [1.54, 1.807) is 4.90 Å². The normalized spacial score (nSPS) is 34.0. The Balaban J connectivity index is 2.00. The van der Waals surface area contributed by atoms with E-state index in [-0.39, 0.29) is 30.7 Å². The summed E-state index contributed by atoms with van der Waals surface area (Å²) in [7, 11) is 0. The molecule has 0 bridgehead atoms. The molecule has 0 aromatic heterocycles. The molecule has 0 aromatic carbocycles. The van der Waals surface area contributed by atoms with Gasteiger partial charge in [0.1, 0.15) is 12.0 Å². The van der Waals surface area contributed by atoms with Gasteiger partial charge in [0.15, 0.2) is 0 Å². The summed E-state index contributed by atoms with van der Waals surface area (Å²) in [5.74, 6) is -2.02. The summed E-state index contributed by atoms with van der Waals surface area (Å²) in [5.41, 5.74) is 5.59. The second-order valence-electron chi connectivity index (χ2n) is 5.91. The second kappa shape index (κ2) is 5.82. The molecule has 4 unspecified atom stereocenters. The maximum atomic E-state index is 12.6. The van der Waals surface area contributed by atoms with Gasteiger partial charge in [-0.2, -0.15) is 13.2 Å². The van der Waals surface area contributed by atoms with Crippen molar-refractivity contribution in [2.45, 2.75) is 44.4 Å². The number of rotatable bonds is 2. The van der Waals surface area contributed by atoms with Gasteiger partial charge in [-0.25, -0.2) is 0 Å². The van der Waals surface area contributed by atoms with Crippen LogP contribution in [0.15, 0.2) is 0 Å².